The quantitative estimate of drug-likeness (QED) is 0.723. The molecule has 1 amide bonds. The van der Waals surface area contributed by atoms with Crippen molar-refractivity contribution in [3.8, 4) is 17.2 Å². The maximum atomic E-state index is 12.4. The van der Waals surface area contributed by atoms with E-state index in [0.717, 1.165) is 5.56 Å². The number of alkyl halides is 2. The second-order valence-corrected chi connectivity index (χ2v) is 5.78. The third-order valence-corrected chi connectivity index (χ3v) is 3.69. The number of benzene rings is 2. The first-order valence-corrected chi connectivity index (χ1v) is 8.16. The molecule has 0 atom stereocenters. The molecule has 2 rings (SSSR count). The van der Waals surface area contributed by atoms with Crippen LogP contribution in [0.3, 0.4) is 0 Å². The molecule has 0 aliphatic heterocycles. The summed E-state index contributed by atoms with van der Waals surface area (Å²) in [7, 11) is 4.89. The third-order valence-electron chi connectivity index (χ3n) is 3.69. The molecule has 0 radical (unpaired) electrons. The van der Waals surface area contributed by atoms with E-state index in [-0.39, 0.29) is 23.9 Å². The molecule has 0 aliphatic rings. The first kappa shape index (κ1) is 20.4. The van der Waals surface area contributed by atoms with E-state index in [2.05, 4.69) is 10.1 Å². The van der Waals surface area contributed by atoms with Gasteiger partial charge in [0, 0.05) is 6.54 Å². The lowest BCUT2D eigenvalue weighted by atomic mass is 10.2. The molecule has 0 spiro atoms. The minimum absolute atomic E-state index is 0.0668. The summed E-state index contributed by atoms with van der Waals surface area (Å²) < 4.78 is 39.8. The van der Waals surface area contributed by atoms with Crippen molar-refractivity contribution in [3.05, 3.63) is 48.0 Å². The van der Waals surface area contributed by atoms with Crippen molar-refractivity contribution in [1.29, 1.82) is 0 Å². The predicted molar refractivity (Wildman–Crippen MR) is 97.6 cm³/mol. The summed E-state index contributed by atoms with van der Waals surface area (Å²) in [5.74, 6) is 0.801. The minimum atomic E-state index is -2.96. The molecular formula is C19H22F2N2O4. The van der Waals surface area contributed by atoms with E-state index in [9.17, 15) is 13.6 Å². The highest BCUT2D eigenvalue weighted by Crippen LogP contribution is 2.28. The molecule has 0 unspecified atom stereocenters. The smallest absolute Gasteiger partial charge is 0.387 e. The van der Waals surface area contributed by atoms with Gasteiger partial charge in [-0.05, 0) is 36.9 Å². The molecule has 0 fully saturated rings. The zero-order valence-corrected chi connectivity index (χ0v) is 15.4. The third kappa shape index (κ3) is 6.10. The second-order valence-electron chi connectivity index (χ2n) is 5.78. The van der Waals surface area contributed by atoms with Gasteiger partial charge in [-0.15, -0.1) is 0 Å². The first-order chi connectivity index (χ1) is 12.9. The number of rotatable bonds is 9. The molecule has 8 heteroatoms. The number of likely N-dealkylation sites (N-methyl/N-ethyl adjacent to an activating group) is 1. The van der Waals surface area contributed by atoms with Crippen molar-refractivity contribution >= 4 is 11.6 Å². The van der Waals surface area contributed by atoms with Crippen LogP contribution in [0.1, 0.15) is 5.56 Å². The number of hydrogen-bond donors (Lipinski definition) is 1. The van der Waals surface area contributed by atoms with E-state index < -0.39 is 6.61 Å². The lowest BCUT2D eigenvalue weighted by Gasteiger charge is -2.18. The van der Waals surface area contributed by atoms with Crippen LogP contribution in [0.2, 0.25) is 0 Å². The summed E-state index contributed by atoms with van der Waals surface area (Å²) in [4.78, 5) is 14.0. The maximum Gasteiger partial charge on any atom is 0.387 e. The van der Waals surface area contributed by atoms with Crippen LogP contribution < -0.4 is 19.5 Å². The highest BCUT2D eigenvalue weighted by Gasteiger charge is 2.13. The van der Waals surface area contributed by atoms with Crippen molar-refractivity contribution < 1.29 is 27.8 Å². The van der Waals surface area contributed by atoms with Crippen molar-refractivity contribution in [2.75, 3.05) is 33.1 Å². The van der Waals surface area contributed by atoms with E-state index in [4.69, 9.17) is 9.47 Å². The normalized spacial score (nSPS) is 10.8. The molecule has 1 N–H and O–H groups in total. The summed E-state index contributed by atoms with van der Waals surface area (Å²) in [6.45, 7) is -2.41. The molecule has 146 valence electrons. The van der Waals surface area contributed by atoms with E-state index in [1.165, 1.54) is 12.1 Å². The molecule has 0 aromatic heterocycles. The number of anilines is 1. The Morgan fingerprint density at radius 1 is 1.07 bits per heavy atom. The van der Waals surface area contributed by atoms with Gasteiger partial charge in [0.1, 0.15) is 5.75 Å². The molecule has 0 bridgehead atoms. The van der Waals surface area contributed by atoms with Gasteiger partial charge in [0.2, 0.25) is 5.91 Å². The fourth-order valence-corrected chi connectivity index (χ4v) is 2.55. The van der Waals surface area contributed by atoms with Gasteiger partial charge in [-0.2, -0.15) is 8.78 Å². The molecule has 27 heavy (non-hydrogen) atoms. The van der Waals surface area contributed by atoms with Crippen LogP contribution in [0.25, 0.3) is 0 Å². The van der Waals surface area contributed by atoms with Gasteiger partial charge in [0.15, 0.2) is 11.5 Å². The number of para-hydroxylation sites is 2. The Bertz CT molecular complexity index is 771. The van der Waals surface area contributed by atoms with Crippen molar-refractivity contribution in [2.45, 2.75) is 13.2 Å². The summed E-state index contributed by atoms with van der Waals surface area (Å²) in [6, 6.07) is 11.6. The van der Waals surface area contributed by atoms with E-state index >= 15 is 0 Å². The highest BCUT2D eigenvalue weighted by atomic mass is 19.3. The van der Waals surface area contributed by atoms with Gasteiger partial charge in [0.25, 0.3) is 0 Å². The topological polar surface area (TPSA) is 60.0 Å². The van der Waals surface area contributed by atoms with Crippen LogP contribution in [-0.2, 0) is 11.3 Å². The molecule has 0 heterocycles. The van der Waals surface area contributed by atoms with Gasteiger partial charge in [-0.3, -0.25) is 9.69 Å². The Morgan fingerprint density at radius 3 is 2.44 bits per heavy atom. The first-order valence-electron chi connectivity index (χ1n) is 8.16. The van der Waals surface area contributed by atoms with Gasteiger partial charge >= 0.3 is 6.61 Å². The van der Waals surface area contributed by atoms with Gasteiger partial charge < -0.3 is 19.5 Å². The van der Waals surface area contributed by atoms with Crippen LogP contribution >= 0.6 is 0 Å². The summed E-state index contributed by atoms with van der Waals surface area (Å²) >= 11 is 0. The number of hydrogen-bond acceptors (Lipinski definition) is 5. The van der Waals surface area contributed by atoms with Gasteiger partial charge in [0.05, 0.1) is 26.5 Å². The van der Waals surface area contributed by atoms with Crippen LogP contribution in [0.5, 0.6) is 17.2 Å². The lowest BCUT2D eigenvalue weighted by molar-refractivity contribution is -0.117. The molecule has 0 saturated heterocycles. The van der Waals surface area contributed by atoms with Crippen molar-refractivity contribution in [1.82, 2.24) is 4.90 Å². The largest absolute Gasteiger partial charge is 0.493 e. The van der Waals surface area contributed by atoms with Crippen LogP contribution in [0, 0.1) is 0 Å². The number of halogens is 2. The molecular weight excluding hydrogens is 358 g/mol. The summed E-state index contributed by atoms with van der Waals surface area (Å²) in [5.41, 5.74) is 1.13. The van der Waals surface area contributed by atoms with Gasteiger partial charge in [-0.25, -0.2) is 0 Å². The molecule has 2 aromatic rings. The fraction of sp³-hybridized carbons (Fsp3) is 0.316. The predicted octanol–water partition coefficient (Wildman–Crippen LogP) is 3.38. The maximum absolute atomic E-state index is 12.4. The monoisotopic (exact) mass is 380 g/mol. The van der Waals surface area contributed by atoms with Crippen molar-refractivity contribution in [2.24, 2.45) is 0 Å². The summed E-state index contributed by atoms with van der Waals surface area (Å²) in [6.07, 6.45) is 0. The highest BCUT2D eigenvalue weighted by molar-refractivity contribution is 5.93. The molecule has 6 nitrogen and oxygen atoms in total. The van der Waals surface area contributed by atoms with Crippen LogP contribution in [-0.4, -0.2) is 45.2 Å². The average Bonchev–Trinajstić information content (AvgIpc) is 2.62. The number of carbonyl (C=O) groups excluding carboxylic acids is 1. The van der Waals surface area contributed by atoms with E-state index in [0.29, 0.717) is 18.0 Å². The second kappa shape index (κ2) is 9.72. The van der Waals surface area contributed by atoms with Crippen LogP contribution in [0.4, 0.5) is 14.5 Å². The summed E-state index contributed by atoms with van der Waals surface area (Å²) in [5, 5.41) is 2.59. The Morgan fingerprint density at radius 2 is 1.78 bits per heavy atom. The van der Waals surface area contributed by atoms with Crippen molar-refractivity contribution in [3.63, 3.8) is 0 Å². The van der Waals surface area contributed by atoms with E-state index in [1.54, 1.807) is 44.4 Å². The molecule has 2 aromatic carbocycles. The average molecular weight is 380 g/mol. The number of carbonyl (C=O) groups is 1. The SMILES string of the molecule is COc1ccc(CN(C)CC(=O)Nc2ccccc2OC(F)F)cc1OC. The number of nitrogens with one attached hydrogen (secondary N) is 1. The van der Waals surface area contributed by atoms with Gasteiger partial charge in [-0.1, -0.05) is 18.2 Å². The Hall–Kier alpha value is -2.87. The zero-order valence-electron chi connectivity index (χ0n) is 15.4. The fourth-order valence-electron chi connectivity index (χ4n) is 2.55. The Labute approximate surface area is 156 Å². The standard InChI is InChI=1S/C19H22F2N2O4/c1-23(11-13-8-9-16(25-2)17(10-13)26-3)12-18(24)22-14-6-4-5-7-15(14)27-19(20)21/h4-10,19H,11-12H2,1-3H3,(H,22,24). The molecule has 0 saturated carbocycles. The molecule has 0 aliphatic carbocycles. The minimum Gasteiger partial charge on any atom is -0.493 e. The number of nitrogens with zero attached hydrogens (tertiary/aromatic N) is 1. The van der Waals surface area contributed by atoms with Crippen LogP contribution in [0.15, 0.2) is 42.5 Å². The number of methoxy groups -OCH3 is 2. The zero-order chi connectivity index (χ0) is 19.8. The Balaban J connectivity index is 1.96. The number of amides is 1. The lowest BCUT2D eigenvalue weighted by Crippen LogP contribution is -2.30. The Kier molecular flexibility index (Phi) is 7.36. The van der Waals surface area contributed by atoms with E-state index in [1.807, 2.05) is 12.1 Å². The number of ether oxygens (including phenoxy) is 3.